The minimum atomic E-state index is -0.566. The average molecular weight is 289 g/mol. The fourth-order valence-corrected chi connectivity index (χ4v) is 1.60. The van der Waals surface area contributed by atoms with Crippen molar-refractivity contribution in [3.8, 4) is 0 Å². The highest BCUT2D eigenvalue weighted by atomic mass is 19.1. The highest BCUT2D eigenvalue weighted by molar-refractivity contribution is 5.97. The molecule has 2 aromatic rings. The Morgan fingerprint density at radius 2 is 2.05 bits per heavy atom. The molecule has 0 atom stereocenters. The van der Waals surface area contributed by atoms with E-state index in [-0.39, 0.29) is 29.1 Å². The van der Waals surface area contributed by atoms with E-state index in [1.165, 1.54) is 30.9 Å². The predicted molar refractivity (Wildman–Crippen MR) is 72.1 cm³/mol. The lowest BCUT2D eigenvalue weighted by atomic mass is 10.1. The van der Waals surface area contributed by atoms with Crippen LogP contribution >= 0.6 is 0 Å². The van der Waals surface area contributed by atoms with E-state index in [1.54, 1.807) is 0 Å². The van der Waals surface area contributed by atoms with Crippen molar-refractivity contribution in [1.29, 1.82) is 0 Å². The van der Waals surface area contributed by atoms with Gasteiger partial charge in [-0.25, -0.2) is 14.4 Å². The first-order valence-electron chi connectivity index (χ1n) is 5.91. The topological polar surface area (TPSA) is 113 Å². The molecule has 8 heteroatoms. The van der Waals surface area contributed by atoms with Crippen LogP contribution in [0.15, 0.2) is 42.1 Å². The summed E-state index contributed by atoms with van der Waals surface area (Å²) in [5, 5.41) is 13.9. The first-order chi connectivity index (χ1) is 10.1. The normalized spacial score (nSPS) is 11.2. The number of aromatic nitrogens is 2. The smallest absolute Gasteiger partial charge is 0.254 e. The zero-order valence-corrected chi connectivity index (χ0v) is 10.8. The highest BCUT2D eigenvalue weighted by Gasteiger charge is 2.09. The Labute approximate surface area is 119 Å². The maximum absolute atomic E-state index is 13.8. The third-order valence-electron chi connectivity index (χ3n) is 2.72. The molecule has 0 spiro atoms. The number of rotatable bonds is 4. The van der Waals surface area contributed by atoms with Crippen molar-refractivity contribution in [3.63, 3.8) is 0 Å². The van der Waals surface area contributed by atoms with Gasteiger partial charge in [-0.3, -0.25) is 4.79 Å². The lowest BCUT2D eigenvalue weighted by Gasteiger charge is -2.07. The fourth-order valence-electron chi connectivity index (χ4n) is 1.60. The highest BCUT2D eigenvalue weighted by Crippen LogP contribution is 2.10. The van der Waals surface area contributed by atoms with Crippen LogP contribution in [0.2, 0.25) is 0 Å². The van der Waals surface area contributed by atoms with E-state index in [1.807, 2.05) is 0 Å². The monoisotopic (exact) mass is 289 g/mol. The summed E-state index contributed by atoms with van der Waals surface area (Å²) >= 11 is 0. The quantitative estimate of drug-likeness (QED) is 0.331. The van der Waals surface area contributed by atoms with Gasteiger partial charge in [0.05, 0.1) is 5.56 Å². The maximum Gasteiger partial charge on any atom is 0.254 e. The van der Waals surface area contributed by atoms with Crippen molar-refractivity contribution in [2.45, 2.75) is 6.54 Å². The Kier molecular flexibility index (Phi) is 4.39. The SMILES string of the molecule is N/C(=N/O)c1ccc(CNC(=O)c2cncnc2)c(F)c1. The van der Waals surface area contributed by atoms with Crippen LogP contribution in [0, 0.1) is 5.82 Å². The molecule has 7 nitrogen and oxygen atoms in total. The number of nitrogens with one attached hydrogen (secondary N) is 1. The van der Waals surface area contributed by atoms with Gasteiger partial charge in [-0.05, 0) is 6.07 Å². The van der Waals surface area contributed by atoms with Gasteiger partial charge in [0.2, 0.25) is 0 Å². The second-order valence-electron chi connectivity index (χ2n) is 4.10. The molecule has 0 unspecified atom stereocenters. The molecule has 2 rings (SSSR count). The summed E-state index contributed by atoms with van der Waals surface area (Å²) in [4.78, 5) is 19.2. The molecule has 0 saturated carbocycles. The zero-order valence-electron chi connectivity index (χ0n) is 10.8. The fraction of sp³-hybridized carbons (Fsp3) is 0.0769. The van der Waals surface area contributed by atoms with E-state index >= 15 is 0 Å². The summed E-state index contributed by atoms with van der Waals surface area (Å²) in [5.74, 6) is -1.16. The van der Waals surface area contributed by atoms with Gasteiger partial charge in [-0.2, -0.15) is 0 Å². The molecule has 0 radical (unpaired) electrons. The number of amidine groups is 1. The third-order valence-corrected chi connectivity index (χ3v) is 2.72. The minimum absolute atomic E-state index is 0.00395. The average Bonchev–Trinajstić information content (AvgIpc) is 2.53. The number of hydrogen-bond donors (Lipinski definition) is 3. The largest absolute Gasteiger partial charge is 0.409 e. The summed E-state index contributed by atoms with van der Waals surface area (Å²) in [6.07, 6.45) is 4.03. The van der Waals surface area contributed by atoms with Crippen LogP contribution in [-0.2, 0) is 6.54 Å². The van der Waals surface area contributed by atoms with Crippen molar-refractivity contribution in [3.05, 3.63) is 59.4 Å². The van der Waals surface area contributed by atoms with Gasteiger partial charge in [0, 0.05) is 30.1 Å². The van der Waals surface area contributed by atoms with Crippen molar-refractivity contribution < 1.29 is 14.4 Å². The summed E-state index contributed by atoms with van der Waals surface area (Å²) in [7, 11) is 0. The standard InChI is InChI=1S/C13H12FN5O2/c14-11-3-8(12(15)19-21)1-2-9(11)6-18-13(20)10-4-16-7-17-5-10/h1-5,7,21H,6H2,(H2,15,19)(H,18,20). The van der Waals surface area contributed by atoms with Crippen molar-refractivity contribution >= 4 is 11.7 Å². The second-order valence-corrected chi connectivity index (χ2v) is 4.10. The summed E-state index contributed by atoms with van der Waals surface area (Å²) in [6, 6.07) is 4.07. The number of oxime groups is 1. The number of carbonyl (C=O) groups excluding carboxylic acids is 1. The molecule has 0 aliphatic carbocycles. The van der Waals surface area contributed by atoms with Crippen LogP contribution in [0.3, 0.4) is 0 Å². The van der Waals surface area contributed by atoms with Crippen LogP contribution in [0.4, 0.5) is 4.39 Å². The molecular formula is C13H12FN5O2. The first kappa shape index (κ1) is 14.4. The molecule has 0 fully saturated rings. The molecule has 21 heavy (non-hydrogen) atoms. The van der Waals surface area contributed by atoms with Crippen molar-refractivity contribution in [2.24, 2.45) is 10.9 Å². The summed E-state index contributed by atoms with van der Waals surface area (Å²) < 4.78 is 13.8. The predicted octanol–water partition coefficient (Wildman–Crippen LogP) is 0.640. The molecular weight excluding hydrogens is 277 g/mol. The molecule has 0 bridgehead atoms. The van der Waals surface area contributed by atoms with Crippen LogP contribution in [0.1, 0.15) is 21.5 Å². The number of carbonyl (C=O) groups is 1. The van der Waals surface area contributed by atoms with Gasteiger partial charge in [0.15, 0.2) is 5.84 Å². The van der Waals surface area contributed by atoms with Crippen LogP contribution < -0.4 is 11.1 Å². The maximum atomic E-state index is 13.8. The third kappa shape index (κ3) is 3.50. The van der Waals surface area contributed by atoms with Gasteiger partial charge >= 0.3 is 0 Å². The Balaban J connectivity index is 2.06. The molecule has 0 saturated heterocycles. The number of benzene rings is 1. The number of nitrogens with two attached hydrogens (primary N) is 1. The number of nitrogens with zero attached hydrogens (tertiary/aromatic N) is 3. The van der Waals surface area contributed by atoms with E-state index in [0.717, 1.165) is 6.07 Å². The van der Waals surface area contributed by atoms with Crippen LogP contribution in [-0.4, -0.2) is 26.9 Å². The van der Waals surface area contributed by atoms with Gasteiger partial charge in [0.25, 0.3) is 5.91 Å². The van der Waals surface area contributed by atoms with Crippen molar-refractivity contribution in [2.75, 3.05) is 0 Å². The Bertz CT molecular complexity index is 676. The van der Waals surface area contributed by atoms with E-state index in [2.05, 4.69) is 20.4 Å². The van der Waals surface area contributed by atoms with E-state index in [0.29, 0.717) is 0 Å². The van der Waals surface area contributed by atoms with E-state index in [9.17, 15) is 9.18 Å². The number of amides is 1. The molecule has 1 aromatic heterocycles. The zero-order chi connectivity index (χ0) is 15.2. The summed E-state index contributed by atoms with van der Waals surface area (Å²) in [5.41, 5.74) is 6.17. The lowest BCUT2D eigenvalue weighted by molar-refractivity contribution is 0.0950. The Morgan fingerprint density at radius 1 is 1.33 bits per heavy atom. The second kappa shape index (κ2) is 6.42. The molecule has 1 heterocycles. The molecule has 1 aromatic carbocycles. The van der Waals surface area contributed by atoms with Gasteiger partial charge < -0.3 is 16.3 Å². The van der Waals surface area contributed by atoms with Crippen LogP contribution in [0.25, 0.3) is 0 Å². The van der Waals surface area contributed by atoms with Gasteiger partial charge in [-0.15, -0.1) is 0 Å². The first-order valence-corrected chi connectivity index (χ1v) is 5.91. The minimum Gasteiger partial charge on any atom is -0.409 e. The van der Waals surface area contributed by atoms with Gasteiger partial charge in [-0.1, -0.05) is 17.3 Å². The Morgan fingerprint density at radius 3 is 2.67 bits per heavy atom. The van der Waals surface area contributed by atoms with Gasteiger partial charge in [0.1, 0.15) is 12.1 Å². The number of halogens is 1. The molecule has 0 aliphatic rings. The molecule has 4 N–H and O–H groups in total. The van der Waals surface area contributed by atoms with E-state index < -0.39 is 11.7 Å². The van der Waals surface area contributed by atoms with E-state index in [4.69, 9.17) is 10.9 Å². The molecule has 1 amide bonds. The molecule has 0 aliphatic heterocycles. The lowest BCUT2D eigenvalue weighted by Crippen LogP contribution is -2.23. The number of hydrogen-bond acceptors (Lipinski definition) is 5. The van der Waals surface area contributed by atoms with Crippen molar-refractivity contribution in [1.82, 2.24) is 15.3 Å². The summed E-state index contributed by atoms with van der Waals surface area (Å²) in [6.45, 7) is -0.00395. The Hall–Kier alpha value is -3.03. The molecule has 108 valence electrons. The van der Waals surface area contributed by atoms with Crippen LogP contribution in [0.5, 0.6) is 0 Å².